The normalized spacial score (nSPS) is 14.6. The molecule has 0 aliphatic carbocycles. The number of carbonyl (C=O) groups is 4. The van der Waals surface area contributed by atoms with E-state index in [2.05, 4.69) is 20.9 Å². The molecule has 2 aromatic rings. The lowest BCUT2D eigenvalue weighted by atomic mass is 10.0. The molecule has 0 radical (unpaired) electrons. The standard InChI is InChI=1S/C22H31N5O6S/c1-12(28)19(23)21(31)25-11-18(29)26-16(7-8-34-2)20(30)27-17(22(32)33)9-13-10-24-15-6-4-3-5-14(13)15/h3-6,10,12,16-17,19,24,28H,7-9,11,23H2,1-2H3,(H,25,31)(H,26,29)(H,27,30)(H,32,33). The number of aromatic amines is 1. The minimum Gasteiger partial charge on any atom is -0.480 e. The Bertz CT molecular complexity index is 1010. The van der Waals surface area contributed by atoms with E-state index < -0.39 is 54.5 Å². The Morgan fingerprint density at radius 2 is 1.82 bits per heavy atom. The van der Waals surface area contributed by atoms with Crippen molar-refractivity contribution in [3.8, 4) is 0 Å². The van der Waals surface area contributed by atoms with Crippen LogP contribution in [-0.2, 0) is 25.6 Å². The van der Waals surface area contributed by atoms with Crippen LogP contribution in [0.4, 0.5) is 0 Å². The summed E-state index contributed by atoms with van der Waals surface area (Å²) in [5.74, 6) is -2.65. The molecule has 2 rings (SSSR count). The third-order valence-corrected chi connectivity index (χ3v) is 5.87. The van der Waals surface area contributed by atoms with Gasteiger partial charge in [0.25, 0.3) is 0 Å². The number of carboxylic acids is 1. The van der Waals surface area contributed by atoms with Gasteiger partial charge in [-0.15, -0.1) is 0 Å². The van der Waals surface area contributed by atoms with Gasteiger partial charge in [0.15, 0.2) is 0 Å². The van der Waals surface area contributed by atoms with Crippen LogP contribution in [0, 0.1) is 0 Å². The number of para-hydroxylation sites is 1. The Kier molecular flexibility index (Phi) is 10.4. The number of aliphatic hydroxyl groups excluding tert-OH is 1. The van der Waals surface area contributed by atoms with Crippen molar-refractivity contribution in [2.24, 2.45) is 5.73 Å². The third kappa shape index (κ3) is 7.75. The topological polar surface area (TPSA) is 187 Å². The van der Waals surface area contributed by atoms with E-state index in [1.165, 1.54) is 18.7 Å². The second kappa shape index (κ2) is 13.0. The van der Waals surface area contributed by atoms with Gasteiger partial charge >= 0.3 is 5.97 Å². The fourth-order valence-corrected chi connectivity index (χ4v) is 3.72. The smallest absolute Gasteiger partial charge is 0.326 e. The summed E-state index contributed by atoms with van der Waals surface area (Å²) >= 11 is 1.46. The SMILES string of the molecule is CSCCC(NC(=O)CNC(=O)C(N)C(C)O)C(=O)NC(Cc1c[nH]c2ccccc12)C(=O)O. The number of nitrogens with two attached hydrogens (primary N) is 1. The quantitative estimate of drug-likeness (QED) is 0.192. The average Bonchev–Trinajstić information content (AvgIpc) is 3.21. The number of nitrogens with one attached hydrogen (secondary N) is 4. The van der Waals surface area contributed by atoms with Gasteiger partial charge in [-0.05, 0) is 37.0 Å². The van der Waals surface area contributed by atoms with Crippen LogP contribution in [0.2, 0.25) is 0 Å². The van der Waals surface area contributed by atoms with E-state index in [0.29, 0.717) is 5.75 Å². The molecule has 0 fully saturated rings. The number of thioether (sulfide) groups is 1. The summed E-state index contributed by atoms with van der Waals surface area (Å²) in [6.07, 6.45) is 2.78. The van der Waals surface area contributed by atoms with Crippen LogP contribution in [0.3, 0.4) is 0 Å². The lowest BCUT2D eigenvalue weighted by Gasteiger charge is -2.22. The largest absolute Gasteiger partial charge is 0.480 e. The van der Waals surface area contributed by atoms with Gasteiger partial charge in [-0.1, -0.05) is 18.2 Å². The fraction of sp³-hybridized carbons (Fsp3) is 0.455. The van der Waals surface area contributed by atoms with E-state index in [0.717, 1.165) is 16.5 Å². The minimum atomic E-state index is -1.20. The van der Waals surface area contributed by atoms with Crippen molar-refractivity contribution >= 4 is 46.4 Å². The number of benzene rings is 1. The number of aliphatic carboxylic acids is 1. The highest BCUT2D eigenvalue weighted by atomic mass is 32.2. The molecule has 4 atom stereocenters. The Balaban J connectivity index is 2.03. The Labute approximate surface area is 201 Å². The molecule has 4 unspecified atom stereocenters. The second-order valence-electron chi connectivity index (χ2n) is 7.85. The number of amides is 3. The molecule has 0 saturated carbocycles. The molecule has 1 aromatic carbocycles. The zero-order valence-corrected chi connectivity index (χ0v) is 19.9. The highest BCUT2D eigenvalue weighted by Gasteiger charge is 2.27. The second-order valence-corrected chi connectivity index (χ2v) is 8.83. The number of hydrogen-bond acceptors (Lipinski definition) is 7. The van der Waals surface area contributed by atoms with Crippen molar-refractivity contribution in [3.63, 3.8) is 0 Å². The molecule has 0 spiro atoms. The maximum Gasteiger partial charge on any atom is 0.326 e. The van der Waals surface area contributed by atoms with Gasteiger partial charge in [-0.2, -0.15) is 11.8 Å². The summed E-state index contributed by atoms with van der Waals surface area (Å²) in [5, 5.41) is 27.2. The van der Waals surface area contributed by atoms with Crippen LogP contribution in [0.25, 0.3) is 10.9 Å². The molecule has 34 heavy (non-hydrogen) atoms. The molecule has 186 valence electrons. The molecule has 0 aliphatic heterocycles. The van der Waals surface area contributed by atoms with Gasteiger partial charge in [-0.3, -0.25) is 14.4 Å². The van der Waals surface area contributed by atoms with Gasteiger partial charge < -0.3 is 36.9 Å². The Morgan fingerprint density at radius 3 is 2.47 bits per heavy atom. The number of rotatable bonds is 13. The first-order chi connectivity index (χ1) is 16.1. The monoisotopic (exact) mass is 493 g/mol. The van der Waals surface area contributed by atoms with E-state index in [9.17, 15) is 29.4 Å². The van der Waals surface area contributed by atoms with Crippen LogP contribution in [0.5, 0.6) is 0 Å². The maximum absolute atomic E-state index is 12.9. The predicted molar refractivity (Wildman–Crippen MR) is 129 cm³/mol. The molecular weight excluding hydrogens is 462 g/mol. The zero-order valence-electron chi connectivity index (χ0n) is 19.0. The first kappa shape index (κ1) is 27.2. The molecule has 8 N–H and O–H groups in total. The van der Waals surface area contributed by atoms with E-state index in [1.807, 2.05) is 30.5 Å². The van der Waals surface area contributed by atoms with Gasteiger partial charge in [0.2, 0.25) is 17.7 Å². The van der Waals surface area contributed by atoms with Gasteiger partial charge in [0.1, 0.15) is 18.1 Å². The first-order valence-electron chi connectivity index (χ1n) is 10.7. The van der Waals surface area contributed by atoms with Crippen LogP contribution in [-0.4, -0.2) is 81.7 Å². The van der Waals surface area contributed by atoms with Crippen molar-refractivity contribution < 1.29 is 29.4 Å². The van der Waals surface area contributed by atoms with Crippen molar-refractivity contribution in [2.75, 3.05) is 18.6 Å². The fourth-order valence-electron chi connectivity index (χ4n) is 3.25. The highest BCUT2D eigenvalue weighted by molar-refractivity contribution is 7.98. The molecule has 1 aromatic heterocycles. The number of H-pyrrole nitrogens is 1. The summed E-state index contributed by atoms with van der Waals surface area (Å²) in [7, 11) is 0. The van der Waals surface area contributed by atoms with Crippen LogP contribution in [0.1, 0.15) is 18.9 Å². The molecule has 1 heterocycles. The molecular formula is C22H31N5O6S. The van der Waals surface area contributed by atoms with Crippen LogP contribution in [0.15, 0.2) is 30.5 Å². The van der Waals surface area contributed by atoms with Gasteiger partial charge in [0, 0.05) is 23.5 Å². The van der Waals surface area contributed by atoms with Crippen molar-refractivity contribution in [1.29, 1.82) is 0 Å². The number of carbonyl (C=O) groups excluding carboxylic acids is 3. The number of fused-ring (bicyclic) bond motifs is 1. The van der Waals surface area contributed by atoms with Crippen LogP contribution < -0.4 is 21.7 Å². The number of hydrogen-bond donors (Lipinski definition) is 7. The van der Waals surface area contributed by atoms with Crippen LogP contribution >= 0.6 is 11.8 Å². The molecule has 0 saturated heterocycles. The van der Waals surface area contributed by atoms with E-state index >= 15 is 0 Å². The third-order valence-electron chi connectivity index (χ3n) is 5.22. The first-order valence-corrected chi connectivity index (χ1v) is 12.1. The highest BCUT2D eigenvalue weighted by Crippen LogP contribution is 2.19. The van der Waals surface area contributed by atoms with E-state index in [4.69, 9.17) is 5.73 Å². The van der Waals surface area contributed by atoms with Crippen molar-refractivity contribution in [3.05, 3.63) is 36.0 Å². The maximum atomic E-state index is 12.9. The predicted octanol–water partition coefficient (Wildman–Crippen LogP) is -0.658. The van der Waals surface area contributed by atoms with Crippen molar-refractivity contribution in [2.45, 2.75) is 44.0 Å². The molecule has 12 heteroatoms. The summed E-state index contributed by atoms with van der Waals surface area (Å²) in [6.45, 7) is 0.905. The van der Waals surface area contributed by atoms with Gasteiger partial charge in [0.05, 0.1) is 12.6 Å². The molecule has 11 nitrogen and oxygen atoms in total. The van der Waals surface area contributed by atoms with Crippen molar-refractivity contribution in [1.82, 2.24) is 20.9 Å². The number of aliphatic hydroxyl groups is 1. The summed E-state index contributed by atoms with van der Waals surface area (Å²) in [6, 6.07) is 4.04. The van der Waals surface area contributed by atoms with Gasteiger partial charge in [-0.25, -0.2) is 4.79 Å². The average molecular weight is 494 g/mol. The zero-order chi connectivity index (χ0) is 25.3. The number of aromatic nitrogens is 1. The Hall–Kier alpha value is -3.09. The molecule has 0 bridgehead atoms. The number of carboxylic acid groups (broad SMARTS) is 1. The summed E-state index contributed by atoms with van der Waals surface area (Å²) in [4.78, 5) is 51.9. The summed E-state index contributed by atoms with van der Waals surface area (Å²) in [5.41, 5.74) is 7.11. The lowest BCUT2D eigenvalue weighted by Crippen LogP contribution is -2.54. The lowest BCUT2D eigenvalue weighted by molar-refractivity contribution is -0.142. The van der Waals surface area contributed by atoms with E-state index in [-0.39, 0.29) is 12.8 Å². The minimum absolute atomic E-state index is 0.0571. The van der Waals surface area contributed by atoms with E-state index in [1.54, 1.807) is 6.20 Å². The summed E-state index contributed by atoms with van der Waals surface area (Å²) < 4.78 is 0. The molecule has 3 amide bonds. The molecule has 0 aliphatic rings. The Morgan fingerprint density at radius 1 is 1.12 bits per heavy atom.